The molecule has 2 heterocycles. The zero-order valence-electron chi connectivity index (χ0n) is 11.0. The standard InChI is InChI=1S/C11H11ClF4N4O2/c12-6-4-17-19(5-6)2-1-8(21)20-11(22,10(15)16)3-7(18-20)9(13)14/h4-5,9-10,22H,1-3H2/t11-/m1/s1. The van der Waals surface area contributed by atoms with Crippen LogP contribution in [0.25, 0.3) is 0 Å². The van der Waals surface area contributed by atoms with Gasteiger partial charge in [-0.2, -0.15) is 15.2 Å². The summed E-state index contributed by atoms with van der Waals surface area (Å²) < 4.78 is 52.3. The Bertz CT molecular complexity index is 594. The molecule has 1 amide bonds. The van der Waals surface area contributed by atoms with E-state index >= 15 is 0 Å². The molecule has 0 saturated heterocycles. The number of aryl methyl sites for hydroxylation is 1. The van der Waals surface area contributed by atoms with Gasteiger partial charge in [-0.05, 0) is 0 Å². The lowest BCUT2D eigenvalue weighted by atomic mass is 10.1. The minimum absolute atomic E-state index is 0.0269. The molecule has 1 aliphatic rings. The molecule has 1 aromatic rings. The molecule has 22 heavy (non-hydrogen) atoms. The molecule has 0 radical (unpaired) electrons. The molecule has 1 aromatic heterocycles. The number of alkyl halides is 4. The maximum Gasteiger partial charge on any atom is 0.287 e. The molecule has 6 nitrogen and oxygen atoms in total. The lowest BCUT2D eigenvalue weighted by molar-refractivity contribution is -0.192. The van der Waals surface area contributed by atoms with Crippen molar-refractivity contribution in [1.29, 1.82) is 0 Å². The van der Waals surface area contributed by atoms with Crippen molar-refractivity contribution in [2.45, 2.75) is 38.0 Å². The first-order valence-electron chi connectivity index (χ1n) is 6.11. The summed E-state index contributed by atoms with van der Waals surface area (Å²) in [5.41, 5.74) is -4.01. The van der Waals surface area contributed by atoms with Crippen molar-refractivity contribution in [2.75, 3.05) is 0 Å². The number of aromatic nitrogens is 2. The summed E-state index contributed by atoms with van der Waals surface area (Å²) in [6.07, 6.45) is -5.32. The topological polar surface area (TPSA) is 70.7 Å². The van der Waals surface area contributed by atoms with Crippen LogP contribution in [0.5, 0.6) is 0 Å². The van der Waals surface area contributed by atoms with E-state index < -0.39 is 36.6 Å². The summed E-state index contributed by atoms with van der Waals surface area (Å²) >= 11 is 5.62. The Balaban J connectivity index is 2.10. The minimum Gasteiger partial charge on any atom is -0.364 e. The maximum atomic E-state index is 12.9. The van der Waals surface area contributed by atoms with Crippen molar-refractivity contribution < 1.29 is 27.5 Å². The van der Waals surface area contributed by atoms with Crippen LogP contribution in [0.3, 0.4) is 0 Å². The quantitative estimate of drug-likeness (QED) is 0.828. The van der Waals surface area contributed by atoms with Crippen molar-refractivity contribution in [3.05, 3.63) is 17.4 Å². The second-order valence-electron chi connectivity index (χ2n) is 4.63. The van der Waals surface area contributed by atoms with Crippen molar-refractivity contribution >= 4 is 23.2 Å². The van der Waals surface area contributed by atoms with Gasteiger partial charge in [-0.25, -0.2) is 17.6 Å². The Morgan fingerprint density at radius 1 is 1.45 bits per heavy atom. The molecule has 11 heteroatoms. The highest BCUT2D eigenvalue weighted by Gasteiger charge is 2.53. The lowest BCUT2D eigenvalue weighted by Gasteiger charge is -2.29. The molecular weight excluding hydrogens is 332 g/mol. The smallest absolute Gasteiger partial charge is 0.287 e. The molecule has 1 N–H and O–H groups in total. The van der Waals surface area contributed by atoms with Crippen LogP contribution in [0, 0.1) is 0 Å². The SMILES string of the molecule is O=C(CCn1cc(Cl)cn1)N1N=C(C(F)F)C[C@@]1(O)C(F)F. The van der Waals surface area contributed by atoms with Gasteiger partial charge >= 0.3 is 0 Å². The average Bonchev–Trinajstić information content (AvgIpc) is 3.01. The number of rotatable bonds is 5. The number of nitrogens with zero attached hydrogens (tertiary/aromatic N) is 4. The van der Waals surface area contributed by atoms with E-state index in [-0.39, 0.29) is 18.0 Å². The Kier molecular flexibility index (Phi) is 4.71. The number of hydrazone groups is 1. The first-order chi connectivity index (χ1) is 10.2. The van der Waals surface area contributed by atoms with Gasteiger partial charge in [0, 0.05) is 25.6 Å². The van der Waals surface area contributed by atoms with Crippen molar-refractivity contribution in [3.8, 4) is 0 Å². The molecule has 0 bridgehead atoms. The van der Waals surface area contributed by atoms with E-state index in [1.807, 2.05) is 0 Å². The molecule has 1 atom stereocenters. The third kappa shape index (κ3) is 3.22. The molecule has 0 aliphatic carbocycles. The summed E-state index contributed by atoms with van der Waals surface area (Å²) in [5.74, 6) is -1.02. The zero-order chi connectivity index (χ0) is 16.5. The second kappa shape index (κ2) is 6.21. The molecule has 122 valence electrons. The Morgan fingerprint density at radius 3 is 2.64 bits per heavy atom. The minimum atomic E-state index is -3.43. The predicted octanol–water partition coefficient (Wildman–Crippen LogP) is 1.73. The monoisotopic (exact) mass is 342 g/mol. The molecule has 0 aromatic carbocycles. The number of amides is 1. The number of carbonyl (C=O) groups excluding carboxylic acids is 1. The van der Waals surface area contributed by atoms with Gasteiger partial charge in [0.05, 0.1) is 11.2 Å². The fourth-order valence-electron chi connectivity index (χ4n) is 1.93. The summed E-state index contributed by atoms with van der Waals surface area (Å²) in [6.45, 7) is -0.0269. The van der Waals surface area contributed by atoms with Gasteiger partial charge in [-0.15, -0.1) is 0 Å². The molecule has 0 fully saturated rings. The van der Waals surface area contributed by atoms with Crippen molar-refractivity contribution in [2.24, 2.45) is 5.10 Å². The molecule has 2 rings (SSSR count). The molecule has 1 aliphatic heterocycles. The third-order valence-electron chi connectivity index (χ3n) is 3.03. The first kappa shape index (κ1) is 16.7. The first-order valence-corrected chi connectivity index (χ1v) is 6.49. The molecule has 0 saturated carbocycles. The van der Waals surface area contributed by atoms with Gasteiger partial charge in [-0.1, -0.05) is 11.6 Å². The highest BCUT2D eigenvalue weighted by atomic mass is 35.5. The highest BCUT2D eigenvalue weighted by molar-refractivity contribution is 6.30. The maximum absolute atomic E-state index is 12.9. The van der Waals surface area contributed by atoms with E-state index in [2.05, 4.69) is 10.2 Å². The predicted molar refractivity (Wildman–Crippen MR) is 67.7 cm³/mol. The number of aliphatic hydroxyl groups is 1. The van der Waals surface area contributed by atoms with Gasteiger partial charge in [0.15, 0.2) is 0 Å². The zero-order valence-corrected chi connectivity index (χ0v) is 11.7. The van der Waals surface area contributed by atoms with E-state index in [4.69, 9.17) is 11.6 Å². The van der Waals surface area contributed by atoms with Crippen LogP contribution in [0.2, 0.25) is 5.02 Å². The van der Waals surface area contributed by atoms with Gasteiger partial charge < -0.3 is 5.11 Å². The number of hydrogen-bond donors (Lipinski definition) is 1. The fraction of sp³-hybridized carbons (Fsp3) is 0.545. The fourth-order valence-corrected chi connectivity index (χ4v) is 2.09. The molecular formula is C11H11ClF4N4O2. The third-order valence-corrected chi connectivity index (χ3v) is 3.23. The van der Waals surface area contributed by atoms with Crippen molar-refractivity contribution in [3.63, 3.8) is 0 Å². The van der Waals surface area contributed by atoms with Gasteiger partial charge in [-0.3, -0.25) is 9.48 Å². The van der Waals surface area contributed by atoms with E-state index in [9.17, 15) is 27.5 Å². The van der Waals surface area contributed by atoms with E-state index in [0.29, 0.717) is 5.02 Å². The lowest BCUT2D eigenvalue weighted by Crippen LogP contribution is -2.51. The summed E-state index contributed by atoms with van der Waals surface area (Å²) in [4.78, 5) is 11.9. The van der Waals surface area contributed by atoms with E-state index in [0.717, 1.165) is 0 Å². The van der Waals surface area contributed by atoms with Crippen LogP contribution in [0.15, 0.2) is 17.5 Å². The van der Waals surface area contributed by atoms with Crippen LogP contribution >= 0.6 is 11.6 Å². The van der Waals surface area contributed by atoms with Gasteiger partial charge in [0.2, 0.25) is 11.6 Å². The number of carbonyl (C=O) groups is 1. The average molecular weight is 343 g/mol. The van der Waals surface area contributed by atoms with Crippen LogP contribution in [-0.4, -0.2) is 50.1 Å². The largest absolute Gasteiger partial charge is 0.364 e. The van der Waals surface area contributed by atoms with E-state index in [1.54, 1.807) is 0 Å². The van der Waals surface area contributed by atoms with Crippen LogP contribution in [-0.2, 0) is 11.3 Å². The second-order valence-corrected chi connectivity index (χ2v) is 5.06. The van der Waals surface area contributed by atoms with Crippen molar-refractivity contribution in [1.82, 2.24) is 14.8 Å². The number of hydrogen-bond acceptors (Lipinski definition) is 4. The normalized spacial score (nSPS) is 21.8. The highest BCUT2D eigenvalue weighted by Crippen LogP contribution is 2.33. The molecule has 0 spiro atoms. The Hall–Kier alpha value is -1.68. The summed E-state index contributed by atoms with van der Waals surface area (Å²) in [7, 11) is 0. The van der Waals surface area contributed by atoms with Crippen LogP contribution in [0.1, 0.15) is 12.8 Å². The Labute approximate surface area is 126 Å². The Morgan fingerprint density at radius 2 is 2.14 bits per heavy atom. The van der Waals surface area contributed by atoms with Crippen LogP contribution < -0.4 is 0 Å². The summed E-state index contributed by atoms with van der Waals surface area (Å²) in [6, 6.07) is 0. The number of halogens is 5. The van der Waals surface area contributed by atoms with Gasteiger partial charge in [0.1, 0.15) is 5.71 Å². The van der Waals surface area contributed by atoms with E-state index in [1.165, 1.54) is 17.1 Å². The van der Waals surface area contributed by atoms with Crippen LogP contribution in [0.4, 0.5) is 17.6 Å². The van der Waals surface area contributed by atoms with Gasteiger partial charge in [0.25, 0.3) is 12.9 Å². The summed E-state index contributed by atoms with van der Waals surface area (Å²) in [5, 5.41) is 17.1. The molecule has 0 unspecified atom stereocenters.